The number of aryl methyl sites for hydroxylation is 1. The number of aromatic nitrogens is 6. The lowest BCUT2D eigenvalue weighted by atomic mass is 10.2. The molecule has 2 amide bonds. The van der Waals surface area contributed by atoms with Crippen LogP contribution < -0.4 is 15.4 Å². The number of alkyl halides is 6. The molecule has 0 saturated carbocycles. The summed E-state index contributed by atoms with van der Waals surface area (Å²) in [6, 6.07) is 7.47. The second kappa shape index (κ2) is 13.8. The van der Waals surface area contributed by atoms with Crippen LogP contribution in [0.1, 0.15) is 55.5 Å². The summed E-state index contributed by atoms with van der Waals surface area (Å²) in [5.41, 5.74) is -0.459. The lowest BCUT2D eigenvalue weighted by Crippen LogP contribution is -2.23. The molecule has 18 heteroatoms. The first-order valence-corrected chi connectivity index (χ1v) is 13.7. The third-order valence-corrected chi connectivity index (χ3v) is 6.69. The number of benzene rings is 1. The minimum absolute atomic E-state index is 0.00604. The summed E-state index contributed by atoms with van der Waals surface area (Å²) >= 11 is 0.913. The van der Waals surface area contributed by atoms with Crippen LogP contribution in [0.25, 0.3) is 0 Å². The van der Waals surface area contributed by atoms with Gasteiger partial charge in [-0.1, -0.05) is 28.7 Å². The first-order chi connectivity index (χ1) is 20.7. The van der Waals surface area contributed by atoms with Gasteiger partial charge in [-0.15, -0.1) is 15.3 Å². The number of carbonyl (C=O) groups is 2. The van der Waals surface area contributed by atoms with Gasteiger partial charge in [0, 0.05) is 26.1 Å². The minimum Gasteiger partial charge on any atom is -0.433 e. The molecule has 2 N–H and O–H groups in total. The van der Waals surface area contributed by atoms with Crippen LogP contribution in [-0.4, -0.2) is 54.3 Å². The molecule has 3 heterocycles. The van der Waals surface area contributed by atoms with Crippen LogP contribution in [0.4, 0.5) is 26.3 Å². The zero-order valence-corrected chi connectivity index (χ0v) is 23.6. The van der Waals surface area contributed by atoms with Crippen LogP contribution in [0, 0.1) is 0 Å². The third kappa shape index (κ3) is 9.72. The molecule has 3 aromatic heterocycles. The maximum Gasteiger partial charge on any atom is 0.416 e. The van der Waals surface area contributed by atoms with Crippen LogP contribution in [0.2, 0.25) is 0 Å². The number of hydrogen-bond acceptors (Lipinski definition) is 9. The summed E-state index contributed by atoms with van der Waals surface area (Å²) in [6.07, 6.45) is -6.94. The van der Waals surface area contributed by atoms with E-state index in [1.165, 1.54) is 24.4 Å². The lowest BCUT2D eigenvalue weighted by Gasteiger charge is -2.13. The van der Waals surface area contributed by atoms with Crippen LogP contribution in [-0.2, 0) is 32.2 Å². The van der Waals surface area contributed by atoms with E-state index in [0.717, 1.165) is 34.3 Å². The predicted molar refractivity (Wildman–Crippen MR) is 142 cm³/mol. The second-order valence-corrected chi connectivity index (χ2v) is 10.5. The predicted octanol–water partition coefficient (Wildman–Crippen LogP) is 4.37. The van der Waals surface area contributed by atoms with E-state index in [1.807, 2.05) is 0 Å². The fourth-order valence-corrected chi connectivity index (χ4v) is 4.48. The molecule has 0 bridgehead atoms. The molecule has 0 aliphatic heterocycles. The van der Waals surface area contributed by atoms with Crippen LogP contribution in [0.3, 0.4) is 0 Å². The van der Waals surface area contributed by atoms with Crippen molar-refractivity contribution in [1.29, 1.82) is 0 Å². The van der Waals surface area contributed by atoms with Gasteiger partial charge < -0.3 is 15.4 Å². The molecule has 234 valence electrons. The topological polar surface area (TPSA) is 137 Å². The van der Waals surface area contributed by atoms with E-state index >= 15 is 0 Å². The first-order valence-electron chi connectivity index (χ1n) is 12.9. The van der Waals surface area contributed by atoms with Gasteiger partial charge in [0.1, 0.15) is 16.9 Å². The van der Waals surface area contributed by atoms with E-state index in [0.29, 0.717) is 17.5 Å². The molecule has 0 radical (unpaired) electrons. The van der Waals surface area contributed by atoms with Crippen LogP contribution in [0.15, 0.2) is 48.8 Å². The summed E-state index contributed by atoms with van der Waals surface area (Å²) in [6.45, 7) is 0.122. The summed E-state index contributed by atoms with van der Waals surface area (Å²) in [5.74, 6) is -1.34. The zero-order chi connectivity index (χ0) is 31.9. The fourth-order valence-electron chi connectivity index (χ4n) is 3.71. The Bertz CT molecular complexity index is 1590. The van der Waals surface area contributed by atoms with Crippen molar-refractivity contribution in [3.63, 3.8) is 0 Å². The second-order valence-electron chi connectivity index (χ2n) is 9.42. The highest BCUT2D eigenvalue weighted by atomic mass is 32.1. The monoisotopic (exact) mass is 642 g/mol. The van der Waals surface area contributed by atoms with Crippen LogP contribution in [0.5, 0.6) is 5.75 Å². The summed E-state index contributed by atoms with van der Waals surface area (Å²) < 4.78 is 84.9. The Balaban J connectivity index is 1.21. The molecule has 11 nitrogen and oxygen atoms in total. The van der Waals surface area contributed by atoms with Gasteiger partial charge in [0.05, 0.1) is 30.5 Å². The molecule has 1 atom stereocenters. The number of hydrogen-bond donors (Lipinski definition) is 2. The van der Waals surface area contributed by atoms with Crippen molar-refractivity contribution < 1.29 is 40.7 Å². The van der Waals surface area contributed by atoms with E-state index in [9.17, 15) is 35.9 Å². The van der Waals surface area contributed by atoms with Crippen molar-refractivity contribution in [3.8, 4) is 5.75 Å². The number of pyridine rings is 1. The smallest absolute Gasteiger partial charge is 0.416 e. The van der Waals surface area contributed by atoms with Crippen LogP contribution >= 0.6 is 11.3 Å². The number of nitrogens with one attached hydrogen (secondary N) is 2. The molecule has 1 aromatic carbocycles. The average molecular weight is 643 g/mol. The number of rotatable bonds is 13. The van der Waals surface area contributed by atoms with Gasteiger partial charge in [-0.2, -0.15) is 22.0 Å². The van der Waals surface area contributed by atoms with Crippen molar-refractivity contribution in [2.45, 2.75) is 57.9 Å². The molecule has 44 heavy (non-hydrogen) atoms. The number of nitrogens with zero attached hydrogens (tertiary/aromatic N) is 6. The highest BCUT2D eigenvalue weighted by Gasteiger charge is 2.30. The van der Waals surface area contributed by atoms with E-state index < -0.39 is 35.8 Å². The SMILES string of the molecule is CC(F)(F)Oc1cccc(CNC(=O)c2cn(CC(F)CCc3nnc(C(=O)NCc4cc(C(F)(F)F)ccn4)s3)nn2)c1. The molecule has 0 saturated heterocycles. The molecule has 0 spiro atoms. The van der Waals surface area contributed by atoms with Gasteiger partial charge in [-0.05, 0) is 36.2 Å². The lowest BCUT2D eigenvalue weighted by molar-refractivity contribution is -0.159. The maximum atomic E-state index is 14.6. The van der Waals surface area contributed by atoms with Crippen molar-refractivity contribution in [1.82, 2.24) is 40.8 Å². The standard InChI is InChI=1S/C26H24F6N8O3S/c1-25(28,29)43-19-4-2-3-15(9-19)11-34-22(41)20-14-40(39-36-20)13-17(27)5-6-21-37-38-24(44-21)23(42)35-12-18-10-16(7-8-33-18)26(30,31)32/h2-4,7-10,14,17H,5-6,11-13H2,1H3,(H,34,41)(H,35,42). The van der Waals surface area contributed by atoms with E-state index in [2.05, 4.69) is 40.9 Å². The molecule has 0 aliphatic carbocycles. The van der Waals surface area contributed by atoms with Gasteiger partial charge in [0.15, 0.2) is 5.69 Å². The number of halogens is 6. The Labute approximate surface area is 249 Å². The van der Waals surface area contributed by atoms with Gasteiger partial charge in [0.2, 0.25) is 5.01 Å². The highest BCUT2D eigenvalue weighted by molar-refractivity contribution is 7.13. The highest BCUT2D eigenvalue weighted by Crippen LogP contribution is 2.29. The molecule has 1 unspecified atom stereocenters. The van der Waals surface area contributed by atoms with E-state index in [1.54, 1.807) is 6.07 Å². The number of ether oxygens (including phenoxy) is 1. The summed E-state index contributed by atoms with van der Waals surface area (Å²) in [7, 11) is 0. The first kappa shape index (κ1) is 32.3. The van der Waals surface area contributed by atoms with Gasteiger partial charge in [-0.3, -0.25) is 14.6 Å². The Morgan fingerprint density at radius 3 is 2.55 bits per heavy atom. The maximum absolute atomic E-state index is 14.6. The average Bonchev–Trinajstić information content (AvgIpc) is 3.63. The van der Waals surface area contributed by atoms with E-state index in [4.69, 9.17) is 0 Å². The zero-order valence-electron chi connectivity index (χ0n) is 22.8. The Hall–Kier alpha value is -4.61. The summed E-state index contributed by atoms with van der Waals surface area (Å²) in [5, 5.41) is 20.4. The Morgan fingerprint density at radius 1 is 1.02 bits per heavy atom. The molecular weight excluding hydrogens is 618 g/mol. The number of carbonyl (C=O) groups excluding carboxylic acids is 2. The third-order valence-electron chi connectivity index (χ3n) is 5.71. The normalized spacial score (nSPS) is 12.5. The molecule has 0 fully saturated rings. The van der Waals surface area contributed by atoms with Crippen molar-refractivity contribution in [2.75, 3.05) is 0 Å². The van der Waals surface area contributed by atoms with E-state index in [-0.39, 0.29) is 54.6 Å². The minimum atomic E-state index is -4.54. The summed E-state index contributed by atoms with van der Waals surface area (Å²) in [4.78, 5) is 28.5. The molecule has 4 aromatic rings. The number of amides is 2. The quantitative estimate of drug-likeness (QED) is 0.205. The molecule has 4 rings (SSSR count). The van der Waals surface area contributed by atoms with Crippen molar-refractivity contribution in [2.24, 2.45) is 0 Å². The Morgan fingerprint density at radius 2 is 1.80 bits per heavy atom. The fraction of sp³-hybridized carbons (Fsp3) is 0.346. The van der Waals surface area contributed by atoms with Gasteiger partial charge in [-0.25, -0.2) is 9.07 Å². The molecular formula is C26H24F6N8O3S. The largest absolute Gasteiger partial charge is 0.433 e. The van der Waals surface area contributed by atoms with Gasteiger partial charge in [0.25, 0.3) is 11.8 Å². The van der Waals surface area contributed by atoms with Crippen molar-refractivity contribution >= 4 is 23.2 Å². The Kier molecular flexibility index (Phi) is 10.1. The molecule has 0 aliphatic rings. The van der Waals surface area contributed by atoms with Crippen molar-refractivity contribution in [3.05, 3.63) is 81.3 Å². The van der Waals surface area contributed by atoms with Gasteiger partial charge >= 0.3 is 12.3 Å².